The normalized spacial score (nSPS) is 14.0. The van der Waals surface area contributed by atoms with Crippen molar-refractivity contribution >= 4 is 44.9 Å². The van der Waals surface area contributed by atoms with Crippen molar-refractivity contribution in [2.75, 3.05) is 5.75 Å². The summed E-state index contributed by atoms with van der Waals surface area (Å²) < 4.78 is 3.81. The number of aryl methyl sites for hydroxylation is 3. The summed E-state index contributed by atoms with van der Waals surface area (Å²) >= 11 is 3.10. The number of benzene rings is 1. The van der Waals surface area contributed by atoms with Gasteiger partial charge in [-0.15, -0.1) is 21.5 Å². The van der Waals surface area contributed by atoms with Gasteiger partial charge in [0.1, 0.15) is 4.83 Å². The molecule has 32 heavy (non-hydrogen) atoms. The number of hydrogen-bond acceptors (Lipinski definition) is 6. The topological polar surface area (TPSA) is 69.3 Å². The molecular formula is C24H26N4O2S2. The first-order valence-corrected chi connectivity index (χ1v) is 13.1. The van der Waals surface area contributed by atoms with Crippen molar-refractivity contribution in [3.63, 3.8) is 0 Å². The number of unbranched alkanes of at least 4 members (excludes halogenated alkanes) is 1. The number of nitrogens with zero attached hydrogens (tertiary/aromatic N) is 4. The Kier molecular flexibility index (Phi) is 6.15. The summed E-state index contributed by atoms with van der Waals surface area (Å²) in [6.07, 6.45) is 7.41. The number of carbonyl (C=O) groups is 1. The molecule has 5 rings (SSSR count). The largest absolute Gasteiger partial charge is 0.293 e. The van der Waals surface area contributed by atoms with E-state index in [1.54, 1.807) is 15.9 Å². The van der Waals surface area contributed by atoms with E-state index >= 15 is 0 Å². The molecule has 1 aliphatic carbocycles. The lowest BCUT2D eigenvalue weighted by Gasteiger charge is -2.09. The molecule has 3 heterocycles. The molecular weight excluding hydrogens is 440 g/mol. The van der Waals surface area contributed by atoms with Gasteiger partial charge in [-0.05, 0) is 37.7 Å². The molecule has 166 valence electrons. The van der Waals surface area contributed by atoms with Crippen LogP contribution in [0.2, 0.25) is 0 Å². The highest BCUT2D eigenvalue weighted by molar-refractivity contribution is 7.99. The fraction of sp³-hybridized carbons (Fsp3) is 0.417. The van der Waals surface area contributed by atoms with Crippen LogP contribution in [-0.2, 0) is 19.4 Å². The van der Waals surface area contributed by atoms with Crippen LogP contribution in [0.3, 0.4) is 0 Å². The highest BCUT2D eigenvalue weighted by Crippen LogP contribution is 2.35. The van der Waals surface area contributed by atoms with E-state index in [1.807, 2.05) is 34.7 Å². The molecule has 0 saturated heterocycles. The van der Waals surface area contributed by atoms with Gasteiger partial charge in [-0.2, -0.15) is 0 Å². The maximum absolute atomic E-state index is 13.6. The molecule has 0 radical (unpaired) electrons. The van der Waals surface area contributed by atoms with Gasteiger partial charge >= 0.3 is 0 Å². The Balaban J connectivity index is 1.62. The minimum absolute atomic E-state index is 0.0599. The van der Waals surface area contributed by atoms with Crippen molar-refractivity contribution in [3.05, 3.63) is 56.7 Å². The lowest BCUT2D eigenvalue weighted by atomic mass is 10.1. The van der Waals surface area contributed by atoms with Gasteiger partial charge in [0.2, 0.25) is 5.78 Å². The number of hydrogen-bond donors (Lipinski definition) is 0. The van der Waals surface area contributed by atoms with Crippen molar-refractivity contribution in [1.82, 2.24) is 19.2 Å². The van der Waals surface area contributed by atoms with Crippen LogP contribution in [0.5, 0.6) is 0 Å². The maximum atomic E-state index is 13.6. The highest BCUT2D eigenvalue weighted by atomic mass is 32.2. The first kappa shape index (κ1) is 21.4. The predicted octanol–water partition coefficient (Wildman–Crippen LogP) is 5.15. The maximum Gasteiger partial charge on any atom is 0.263 e. The summed E-state index contributed by atoms with van der Waals surface area (Å²) in [6, 6.07) is 9.32. The van der Waals surface area contributed by atoms with E-state index in [0.717, 1.165) is 42.3 Å². The molecule has 0 bridgehead atoms. The predicted molar refractivity (Wildman–Crippen MR) is 130 cm³/mol. The van der Waals surface area contributed by atoms with Crippen molar-refractivity contribution in [2.24, 2.45) is 0 Å². The second-order valence-electron chi connectivity index (χ2n) is 8.25. The van der Waals surface area contributed by atoms with Crippen LogP contribution in [0.4, 0.5) is 0 Å². The lowest BCUT2D eigenvalue weighted by molar-refractivity contribution is 0.102. The van der Waals surface area contributed by atoms with Gasteiger partial charge in [0.25, 0.3) is 5.56 Å². The monoisotopic (exact) mass is 466 g/mol. The smallest absolute Gasteiger partial charge is 0.263 e. The molecule has 3 aromatic heterocycles. The second-order valence-corrected chi connectivity index (χ2v) is 10.3. The van der Waals surface area contributed by atoms with Gasteiger partial charge in [0.15, 0.2) is 10.9 Å². The third-order valence-electron chi connectivity index (χ3n) is 6.09. The standard InChI is InChI=1S/C24H26N4O2S2/c1-2-3-14-27-21(30)20-17-12-8-5-9-13-19(17)32-22(20)28-23(27)25-26-24(28)31-15-18(29)16-10-6-4-7-11-16/h4,6-7,10-11H,2-3,5,8-9,12-15H2,1H3. The van der Waals surface area contributed by atoms with Gasteiger partial charge < -0.3 is 0 Å². The third kappa shape index (κ3) is 3.79. The Hall–Kier alpha value is -2.45. The molecule has 0 unspecified atom stereocenters. The zero-order chi connectivity index (χ0) is 22.1. The van der Waals surface area contributed by atoms with Crippen molar-refractivity contribution < 1.29 is 4.79 Å². The summed E-state index contributed by atoms with van der Waals surface area (Å²) in [6.45, 7) is 2.75. The number of fused-ring (bicyclic) bond motifs is 5. The number of thiophene rings is 1. The fourth-order valence-electron chi connectivity index (χ4n) is 4.40. The zero-order valence-corrected chi connectivity index (χ0v) is 19.8. The van der Waals surface area contributed by atoms with E-state index in [-0.39, 0.29) is 17.1 Å². The van der Waals surface area contributed by atoms with Gasteiger partial charge in [-0.25, -0.2) is 4.40 Å². The Labute approximate surface area is 194 Å². The first-order chi connectivity index (χ1) is 15.7. The Morgan fingerprint density at radius 1 is 1.12 bits per heavy atom. The zero-order valence-electron chi connectivity index (χ0n) is 18.2. The van der Waals surface area contributed by atoms with E-state index in [2.05, 4.69) is 17.1 Å². The minimum Gasteiger partial charge on any atom is -0.293 e. The Bertz CT molecular complexity index is 1340. The summed E-state index contributed by atoms with van der Waals surface area (Å²) in [5.41, 5.74) is 1.98. The van der Waals surface area contributed by atoms with Crippen LogP contribution in [-0.4, -0.2) is 30.7 Å². The summed E-state index contributed by atoms with van der Waals surface area (Å²) in [5, 5.41) is 10.3. The quantitative estimate of drug-likeness (QED) is 0.214. The SMILES string of the molecule is CCCCn1c(=O)c2c3c(sc2n2c(SCC(=O)c4ccccc4)nnc12)CCCCC3. The van der Waals surface area contributed by atoms with E-state index in [9.17, 15) is 9.59 Å². The van der Waals surface area contributed by atoms with E-state index < -0.39 is 0 Å². The molecule has 0 atom stereocenters. The summed E-state index contributed by atoms with van der Waals surface area (Å²) in [4.78, 5) is 28.5. The molecule has 0 fully saturated rings. The van der Waals surface area contributed by atoms with Crippen LogP contribution in [0.1, 0.15) is 59.8 Å². The number of aromatic nitrogens is 4. The average molecular weight is 467 g/mol. The van der Waals surface area contributed by atoms with Gasteiger partial charge in [-0.1, -0.05) is 61.9 Å². The van der Waals surface area contributed by atoms with Crippen molar-refractivity contribution in [1.29, 1.82) is 0 Å². The van der Waals surface area contributed by atoms with E-state index in [0.29, 0.717) is 23.0 Å². The van der Waals surface area contributed by atoms with Crippen LogP contribution >= 0.6 is 23.1 Å². The molecule has 0 saturated carbocycles. The fourth-order valence-corrected chi connectivity index (χ4v) is 6.66. The molecule has 8 heteroatoms. The van der Waals surface area contributed by atoms with E-state index in [4.69, 9.17) is 0 Å². The molecule has 0 N–H and O–H groups in total. The third-order valence-corrected chi connectivity index (χ3v) is 8.29. The average Bonchev–Trinajstić information content (AvgIpc) is 3.32. The minimum atomic E-state index is 0.0599. The first-order valence-electron chi connectivity index (χ1n) is 11.3. The molecule has 0 amide bonds. The number of rotatable bonds is 7. The number of thioether (sulfide) groups is 1. The number of carbonyl (C=O) groups excluding carboxylic acids is 1. The number of ketones is 1. The van der Waals surface area contributed by atoms with Gasteiger partial charge in [0, 0.05) is 17.0 Å². The van der Waals surface area contributed by atoms with E-state index in [1.165, 1.54) is 35.0 Å². The van der Waals surface area contributed by atoms with Crippen molar-refractivity contribution in [2.45, 2.75) is 63.6 Å². The molecule has 1 aromatic carbocycles. The Morgan fingerprint density at radius 2 is 1.94 bits per heavy atom. The van der Waals surface area contributed by atoms with Crippen LogP contribution in [0.15, 0.2) is 40.3 Å². The van der Waals surface area contributed by atoms with Gasteiger partial charge in [-0.3, -0.25) is 14.2 Å². The van der Waals surface area contributed by atoms with Crippen molar-refractivity contribution in [3.8, 4) is 0 Å². The molecule has 0 spiro atoms. The highest BCUT2D eigenvalue weighted by Gasteiger charge is 2.24. The lowest BCUT2D eigenvalue weighted by Crippen LogP contribution is -2.23. The second kappa shape index (κ2) is 9.19. The molecule has 1 aliphatic rings. The summed E-state index contributed by atoms with van der Waals surface area (Å²) in [7, 11) is 0. The Morgan fingerprint density at radius 3 is 2.75 bits per heavy atom. The van der Waals surface area contributed by atoms with Crippen LogP contribution < -0.4 is 5.56 Å². The number of Topliss-reactive ketones (excluding diaryl/α,β-unsaturated/α-hetero) is 1. The molecule has 6 nitrogen and oxygen atoms in total. The molecule has 4 aromatic rings. The van der Waals surface area contributed by atoms with Crippen LogP contribution in [0, 0.1) is 0 Å². The summed E-state index contributed by atoms with van der Waals surface area (Å²) in [5.74, 6) is 0.928. The van der Waals surface area contributed by atoms with Gasteiger partial charge in [0.05, 0.1) is 11.1 Å². The van der Waals surface area contributed by atoms with Crippen LogP contribution in [0.25, 0.3) is 16.0 Å². The molecule has 0 aliphatic heterocycles.